The predicted molar refractivity (Wildman–Crippen MR) is 84.4 cm³/mol. The molecule has 0 fully saturated rings. The van der Waals surface area contributed by atoms with Crippen LogP contribution in [0.5, 0.6) is 0 Å². The third kappa shape index (κ3) is 3.83. The Balaban J connectivity index is 2.22. The number of carbonyl (C=O) groups is 2. The van der Waals surface area contributed by atoms with Crippen LogP contribution in [0.3, 0.4) is 0 Å². The number of ether oxygens (including phenoxy) is 1. The summed E-state index contributed by atoms with van der Waals surface area (Å²) in [5, 5.41) is 12.2. The number of nitrogens with zero attached hydrogens (tertiary/aromatic N) is 2. The summed E-state index contributed by atoms with van der Waals surface area (Å²) in [5.41, 5.74) is 1.13. The summed E-state index contributed by atoms with van der Waals surface area (Å²) in [6.45, 7) is 1.71. The molecular formula is C17H17N3O3. The largest absolute Gasteiger partial charge is 0.467 e. The van der Waals surface area contributed by atoms with Crippen molar-refractivity contribution in [2.24, 2.45) is 5.92 Å². The fourth-order valence-corrected chi connectivity index (χ4v) is 2.24. The van der Waals surface area contributed by atoms with Crippen molar-refractivity contribution >= 4 is 22.8 Å². The van der Waals surface area contributed by atoms with Crippen LogP contribution in [0.2, 0.25) is 0 Å². The van der Waals surface area contributed by atoms with Gasteiger partial charge in [0.15, 0.2) is 0 Å². The van der Waals surface area contributed by atoms with Crippen molar-refractivity contribution in [3.05, 3.63) is 42.1 Å². The first-order valence-electron chi connectivity index (χ1n) is 7.17. The highest BCUT2D eigenvalue weighted by molar-refractivity contribution is 5.99. The van der Waals surface area contributed by atoms with Crippen molar-refractivity contribution in [2.45, 2.75) is 19.4 Å². The second-order valence-corrected chi connectivity index (χ2v) is 5.23. The van der Waals surface area contributed by atoms with E-state index >= 15 is 0 Å². The summed E-state index contributed by atoms with van der Waals surface area (Å²) in [5.74, 6) is -1.36. The van der Waals surface area contributed by atoms with Crippen molar-refractivity contribution in [3.8, 4) is 6.07 Å². The number of nitriles is 1. The Morgan fingerprint density at radius 2 is 2.13 bits per heavy atom. The maximum Gasteiger partial charge on any atom is 0.328 e. The SMILES string of the molecule is COC(=O)[C@H](NC(=O)c1cnc2ccccc2c1)[C@H](C)CC#N. The van der Waals surface area contributed by atoms with Crippen LogP contribution in [0.15, 0.2) is 36.5 Å². The smallest absolute Gasteiger partial charge is 0.328 e. The number of aromatic nitrogens is 1. The molecule has 1 aromatic heterocycles. The molecule has 1 heterocycles. The number of esters is 1. The zero-order valence-electron chi connectivity index (χ0n) is 12.9. The summed E-state index contributed by atoms with van der Waals surface area (Å²) in [6.07, 6.45) is 1.59. The van der Waals surface area contributed by atoms with E-state index in [1.54, 1.807) is 13.0 Å². The molecule has 0 saturated heterocycles. The molecule has 0 aliphatic rings. The number of carbonyl (C=O) groups excluding carboxylic acids is 2. The standard InChI is InChI=1S/C17H17N3O3/c1-11(7-8-18)15(17(22)23-2)20-16(21)13-9-12-5-3-4-6-14(12)19-10-13/h3-6,9-11,15H,7H2,1-2H3,(H,20,21)/t11-,15-/m1/s1. The van der Waals surface area contributed by atoms with Crippen molar-refractivity contribution < 1.29 is 14.3 Å². The highest BCUT2D eigenvalue weighted by Crippen LogP contribution is 2.14. The van der Waals surface area contributed by atoms with Gasteiger partial charge in [0.2, 0.25) is 0 Å². The average molecular weight is 311 g/mol. The Kier molecular flexibility index (Phi) is 5.26. The number of hydrogen-bond acceptors (Lipinski definition) is 5. The van der Waals surface area contributed by atoms with Gasteiger partial charge in [0.25, 0.3) is 5.91 Å². The van der Waals surface area contributed by atoms with Gasteiger partial charge in [-0.3, -0.25) is 9.78 Å². The molecule has 0 unspecified atom stereocenters. The number of pyridine rings is 1. The molecular weight excluding hydrogens is 294 g/mol. The second kappa shape index (κ2) is 7.36. The minimum absolute atomic E-state index is 0.135. The Bertz CT molecular complexity index is 767. The van der Waals surface area contributed by atoms with Crippen LogP contribution in [-0.4, -0.2) is 30.0 Å². The molecule has 0 radical (unpaired) electrons. The lowest BCUT2D eigenvalue weighted by atomic mass is 9.98. The number of fused-ring (bicyclic) bond motifs is 1. The minimum Gasteiger partial charge on any atom is -0.467 e. The third-order valence-electron chi connectivity index (χ3n) is 3.58. The van der Waals surface area contributed by atoms with Gasteiger partial charge in [0, 0.05) is 23.9 Å². The zero-order chi connectivity index (χ0) is 16.8. The summed E-state index contributed by atoms with van der Waals surface area (Å²) in [6, 6.07) is 10.3. The number of methoxy groups -OCH3 is 1. The summed E-state index contributed by atoms with van der Waals surface area (Å²) >= 11 is 0. The molecule has 0 bridgehead atoms. The van der Waals surface area contributed by atoms with Gasteiger partial charge < -0.3 is 10.1 Å². The van der Waals surface area contributed by atoms with Crippen molar-refractivity contribution in [2.75, 3.05) is 7.11 Å². The topological polar surface area (TPSA) is 92.1 Å². The van der Waals surface area contributed by atoms with E-state index in [2.05, 4.69) is 10.3 Å². The maximum atomic E-state index is 12.4. The quantitative estimate of drug-likeness (QED) is 0.853. The van der Waals surface area contributed by atoms with E-state index in [1.807, 2.05) is 30.3 Å². The van der Waals surface area contributed by atoms with Gasteiger partial charge >= 0.3 is 5.97 Å². The number of hydrogen-bond donors (Lipinski definition) is 1. The molecule has 1 N–H and O–H groups in total. The van der Waals surface area contributed by atoms with Crippen LogP contribution in [0, 0.1) is 17.2 Å². The van der Waals surface area contributed by atoms with Crippen molar-refractivity contribution in [1.82, 2.24) is 10.3 Å². The molecule has 2 rings (SSSR count). The Hall–Kier alpha value is -2.94. The molecule has 118 valence electrons. The first-order chi connectivity index (χ1) is 11.1. The molecule has 6 nitrogen and oxygen atoms in total. The molecule has 2 aromatic rings. The van der Waals surface area contributed by atoms with Gasteiger partial charge in [-0.05, 0) is 12.1 Å². The van der Waals surface area contributed by atoms with Crippen LogP contribution in [0.1, 0.15) is 23.7 Å². The van der Waals surface area contributed by atoms with E-state index in [4.69, 9.17) is 10.00 Å². The van der Waals surface area contributed by atoms with Crippen molar-refractivity contribution in [3.63, 3.8) is 0 Å². The Morgan fingerprint density at radius 3 is 2.83 bits per heavy atom. The van der Waals surface area contributed by atoms with Crippen LogP contribution in [0.25, 0.3) is 10.9 Å². The highest BCUT2D eigenvalue weighted by atomic mass is 16.5. The van der Waals surface area contributed by atoms with E-state index in [1.165, 1.54) is 13.3 Å². The van der Waals surface area contributed by atoms with Crippen LogP contribution < -0.4 is 5.32 Å². The average Bonchev–Trinajstić information content (AvgIpc) is 2.58. The predicted octanol–water partition coefficient (Wildman–Crippen LogP) is 2.06. The number of rotatable bonds is 5. The fourth-order valence-electron chi connectivity index (χ4n) is 2.24. The zero-order valence-corrected chi connectivity index (χ0v) is 12.9. The lowest BCUT2D eigenvalue weighted by Crippen LogP contribution is -2.45. The highest BCUT2D eigenvalue weighted by Gasteiger charge is 2.28. The molecule has 0 aliphatic carbocycles. The summed E-state index contributed by atoms with van der Waals surface area (Å²) in [4.78, 5) is 28.5. The fraction of sp³-hybridized carbons (Fsp3) is 0.294. The molecule has 23 heavy (non-hydrogen) atoms. The van der Waals surface area contributed by atoms with Gasteiger partial charge in [-0.2, -0.15) is 5.26 Å². The van der Waals surface area contributed by atoms with Gasteiger partial charge in [-0.15, -0.1) is 0 Å². The maximum absolute atomic E-state index is 12.4. The van der Waals surface area contributed by atoms with Gasteiger partial charge in [-0.25, -0.2) is 4.79 Å². The van der Waals surface area contributed by atoms with E-state index in [9.17, 15) is 9.59 Å². The first-order valence-corrected chi connectivity index (χ1v) is 7.17. The number of benzene rings is 1. The van der Waals surface area contributed by atoms with Gasteiger partial charge in [0.1, 0.15) is 6.04 Å². The molecule has 0 aliphatic heterocycles. The molecule has 1 amide bonds. The lowest BCUT2D eigenvalue weighted by Gasteiger charge is -2.21. The van der Waals surface area contributed by atoms with Gasteiger partial charge in [-0.1, -0.05) is 25.1 Å². The Morgan fingerprint density at radius 1 is 1.39 bits per heavy atom. The minimum atomic E-state index is -0.876. The van der Waals surface area contributed by atoms with Crippen molar-refractivity contribution in [1.29, 1.82) is 5.26 Å². The normalized spacial score (nSPS) is 12.9. The van der Waals surface area contributed by atoms with E-state index in [0.717, 1.165) is 10.9 Å². The van der Waals surface area contributed by atoms with E-state index in [0.29, 0.717) is 5.56 Å². The second-order valence-electron chi connectivity index (χ2n) is 5.23. The number of para-hydroxylation sites is 1. The molecule has 2 atom stereocenters. The van der Waals surface area contributed by atoms with E-state index in [-0.39, 0.29) is 12.3 Å². The van der Waals surface area contributed by atoms with Gasteiger partial charge in [0.05, 0.1) is 24.3 Å². The third-order valence-corrected chi connectivity index (χ3v) is 3.58. The summed E-state index contributed by atoms with van der Waals surface area (Å²) < 4.78 is 4.71. The number of amides is 1. The first kappa shape index (κ1) is 16.4. The van der Waals surface area contributed by atoms with Crippen LogP contribution in [-0.2, 0) is 9.53 Å². The molecule has 0 spiro atoms. The van der Waals surface area contributed by atoms with E-state index < -0.39 is 17.9 Å². The lowest BCUT2D eigenvalue weighted by molar-refractivity contribution is -0.144. The van der Waals surface area contributed by atoms with Crippen LogP contribution in [0.4, 0.5) is 0 Å². The monoisotopic (exact) mass is 311 g/mol. The molecule has 0 saturated carbocycles. The molecule has 6 heteroatoms. The summed E-state index contributed by atoms with van der Waals surface area (Å²) in [7, 11) is 1.25. The number of nitrogens with one attached hydrogen (secondary N) is 1. The Labute approximate surface area is 134 Å². The van der Waals surface area contributed by atoms with Crippen LogP contribution >= 0.6 is 0 Å². The molecule has 1 aromatic carbocycles.